The third kappa shape index (κ3) is 3.33. The van der Waals surface area contributed by atoms with Crippen molar-refractivity contribution in [2.24, 2.45) is 9.98 Å². The van der Waals surface area contributed by atoms with Crippen LogP contribution in [0.1, 0.15) is 41.7 Å². The molecule has 0 bridgehead atoms. The minimum absolute atomic E-state index is 0.103. The van der Waals surface area contributed by atoms with Gasteiger partial charge in [-0.25, -0.2) is 4.99 Å². The number of nitrogens with zero attached hydrogens (tertiary/aromatic N) is 4. The molecule has 8 heteroatoms. The maximum atomic E-state index is 12.7. The molecule has 1 aliphatic heterocycles. The SMILES string of the molecule is C=C1C(=O)N=C(n2nc(C3CC3)cc2NC(=O)c2ccccc2Cl)N=C1C. The number of carbonyl (C=O) groups is 2. The Morgan fingerprint density at radius 1 is 1.30 bits per heavy atom. The number of hydrogen-bond donors (Lipinski definition) is 1. The second kappa shape index (κ2) is 6.59. The molecule has 0 spiro atoms. The molecule has 4 rings (SSSR count). The fourth-order valence-electron chi connectivity index (χ4n) is 2.70. The largest absolute Gasteiger partial charge is 0.306 e. The molecule has 1 aliphatic carbocycles. The zero-order valence-corrected chi connectivity index (χ0v) is 15.3. The first-order valence-electron chi connectivity index (χ1n) is 8.48. The smallest absolute Gasteiger partial charge is 0.281 e. The molecular weight excluding hydrogens is 366 g/mol. The van der Waals surface area contributed by atoms with E-state index in [4.69, 9.17) is 11.6 Å². The summed E-state index contributed by atoms with van der Waals surface area (Å²) >= 11 is 6.11. The van der Waals surface area contributed by atoms with Crippen LogP contribution in [0.4, 0.5) is 5.82 Å². The summed E-state index contributed by atoms with van der Waals surface area (Å²) in [5, 5.41) is 7.66. The summed E-state index contributed by atoms with van der Waals surface area (Å²) < 4.78 is 1.39. The van der Waals surface area contributed by atoms with Gasteiger partial charge < -0.3 is 5.32 Å². The second-order valence-corrected chi connectivity index (χ2v) is 6.87. The molecule has 27 heavy (non-hydrogen) atoms. The van der Waals surface area contributed by atoms with E-state index >= 15 is 0 Å². The first-order valence-corrected chi connectivity index (χ1v) is 8.85. The standard InChI is InChI=1S/C19H16ClN5O2/c1-10-11(2)21-19(23-17(10)26)25-16(9-15(24-25)12-7-8-12)22-18(27)13-5-3-4-6-14(13)20/h3-6,9,12H,1,7-8H2,2H3,(H,22,27). The Morgan fingerprint density at radius 2 is 2.04 bits per heavy atom. The topological polar surface area (TPSA) is 88.7 Å². The highest BCUT2D eigenvalue weighted by atomic mass is 35.5. The normalized spacial score (nSPS) is 16.8. The number of aromatic nitrogens is 2. The number of amides is 2. The molecule has 2 aliphatic rings. The number of anilines is 1. The van der Waals surface area contributed by atoms with Crippen LogP contribution in [0.25, 0.3) is 0 Å². The average Bonchev–Trinajstić information content (AvgIpc) is 3.40. The van der Waals surface area contributed by atoms with Gasteiger partial charge in [-0.15, -0.1) is 0 Å². The van der Waals surface area contributed by atoms with Crippen LogP contribution in [-0.4, -0.2) is 33.3 Å². The lowest BCUT2D eigenvalue weighted by molar-refractivity contribution is -0.113. The summed E-state index contributed by atoms with van der Waals surface area (Å²) in [5.41, 5.74) is 1.89. The van der Waals surface area contributed by atoms with Crippen molar-refractivity contribution in [3.05, 3.63) is 58.8 Å². The first-order chi connectivity index (χ1) is 12.9. The third-order valence-electron chi connectivity index (χ3n) is 4.44. The summed E-state index contributed by atoms with van der Waals surface area (Å²) in [6.45, 7) is 5.35. The van der Waals surface area contributed by atoms with Crippen LogP contribution in [0.15, 0.2) is 52.5 Å². The first kappa shape index (κ1) is 17.4. The Hall–Kier alpha value is -3.06. The van der Waals surface area contributed by atoms with Crippen LogP contribution in [0.5, 0.6) is 0 Å². The maximum Gasteiger partial charge on any atom is 0.281 e. The third-order valence-corrected chi connectivity index (χ3v) is 4.77. The van der Waals surface area contributed by atoms with E-state index in [0.29, 0.717) is 28.0 Å². The number of hydrogen-bond acceptors (Lipinski definition) is 4. The summed E-state index contributed by atoms with van der Waals surface area (Å²) in [6, 6.07) is 8.55. The number of rotatable bonds is 3. The molecule has 2 amide bonds. The summed E-state index contributed by atoms with van der Waals surface area (Å²) in [6.07, 6.45) is 2.08. The molecule has 1 aromatic carbocycles. The van der Waals surface area contributed by atoms with E-state index < -0.39 is 5.91 Å². The lowest BCUT2D eigenvalue weighted by Gasteiger charge is -2.13. The van der Waals surface area contributed by atoms with E-state index in [1.165, 1.54) is 4.68 Å². The minimum Gasteiger partial charge on any atom is -0.306 e. The molecule has 136 valence electrons. The lowest BCUT2D eigenvalue weighted by Crippen LogP contribution is -2.25. The number of halogens is 1. The highest BCUT2D eigenvalue weighted by molar-refractivity contribution is 6.34. The Labute approximate surface area is 160 Å². The number of aliphatic imine (C=N–C) groups is 2. The maximum absolute atomic E-state index is 12.7. The van der Waals surface area contributed by atoms with Crippen molar-refractivity contribution in [3.63, 3.8) is 0 Å². The molecule has 2 heterocycles. The van der Waals surface area contributed by atoms with E-state index in [2.05, 4.69) is 27.0 Å². The van der Waals surface area contributed by atoms with Gasteiger partial charge in [-0.3, -0.25) is 9.59 Å². The van der Waals surface area contributed by atoms with Gasteiger partial charge in [0.1, 0.15) is 5.82 Å². The van der Waals surface area contributed by atoms with Crippen LogP contribution in [0, 0.1) is 0 Å². The molecule has 1 fully saturated rings. The molecule has 0 radical (unpaired) electrons. The van der Waals surface area contributed by atoms with E-state index in [9.17, 15) is 9.59 Å². The Morgan fingerprint density at radius 3 is 2.70 bits per heavy atom. The number of carbonyl (C=O) groups excluding carboxylic acids is 2. The minimum atomic E-state index is -0.468. The highest BCUT2D eigenvalue weighted by Gasteiger charge is 2.30. The molecule has 1 saturated carbocycles. The van der Waals surface area contributed by atoms with Crippen LogP contribution in [0.3, 0.4) is 0 Å². The van der Waals surface area contributed by atoms with E-state index in [0.717, 1.165) is 18.5 Å². The molecule has 2 aromatic rings. The second-order valence-electron chi connectivity index (χ2n) is 6.47. The van der Waals surface area contributed by atoms with Crippen LogP contribution in [-0.2, 0) is 4.79 Å². The van der Waals surface area contributed by atoms with E-state index in [-0.39, 0.29) is 17.4 Å². The lowest BCUT2D eigenvalue weighted by atomic mass is 10.2. The van der Waals surface area contributed by atoms with Crippen LogP contribution >= 0.6 is 11.6 Å². The van der Waals surface area contributed by atoms with Gasteiger partial charge in [-0.1, -0.05) is 30.3 Å². The average molecular weight is 382 g/mol. The van der Waals surface area contributed by atoms with Crippen molar-refractivity contribution in [2.75, 3.05) is 5.32 Å². The molecule has 1 N–H and O–H groups in total. The van der Waals surface area contributed by atoms with Gasteiger partial charge >= 0.3 is 0 Å². The molecule has 0 unspecified atom stereocenters. The Bertz CT molecular complexity index is 1050. The fraction of sp³-hybridized carbons (Fsp3) is 0.211. The highest BCUT2D eigenvalue weighted by Crippen LogP contribution is 2.40. The molecule has 0 atom stereocenters. The van der Waals surface area contributed by atoms with E-state index in [1.807, 2.05) is 0 Å². The summed E-state index contributed by atoms with van der Waals surface area (Å²) in [5.74, 6) is -0.00728. The van der Waals surface area contributed by atoms with Gasteiger partial charge in [0.05, 0.1) is 27.6 Å². The molecule has 1 aromatic heterocycles. The quantitative estimate of drug-likeness (QED) is 0.826. The number of benzene rings is 1. The van der Waals surface area contributed by atoms with Gasteiger partial charge in [0.2, 0.25) is 0 Å². The van der Waals surface area contributed by atoms with Gasteiger partial charge in [-0.2, -0.15) is 14.8 Å². The van der Waals surface area contributed by atoms with Crippen molar-refractivity contribution in [3.8, 4) is 0 Å². The van der Waals surface area contributed by atoms with Crippen LogP contribution < -0.4 is 5.32 Å². The zero-order valence-electron chi connectivity index (χ0n) is 14.6. The Balaban J connectivity index is 1.72. The van der Waals surface area contributed by atoms with Crippen LogP contribution in [0.2, 0.25) is 5.02 Å². The van der Waals surface area contributed by atoms with Crippen molar-refractivity contribution < 1.29 is 9.59 Å². The van der Waals surface area contributed by atoms with Crippen molar-refractivity contribution in [1.82, 2.24) is 9.78 Å². The molecule has 7 nitrogen and oxygen atoms in total. The van der Waals surface area contributed by atoms with Gasteiger partial charge in [-0.05, 0) is 31.9 Å². The monoisotopic (exact) mass is 381 g/mol. The van der Waals surface area contributed by atoms with E-state index in [1.54, 1.807) is 37.3 Å². The van der Waals surface area contributed by atoms with Crippen molar-refractivity contribution in [2.45, 2.75) is 25.7 Å². The molecular formula is C19H16ClN5O2. The van der Waals surface area contributed by atoms with Crippen molar-refractivity contribution >= 4 is 40.9 Å². The predicted molar refractivity (Wildman–Crippen MR) is 104 cm³/mol. The van der Waals surface area contributed by atoms with Gasteiger partial charge in [0.25, 0.3) is 17.8 Å². The number of nitrogens with one attached hydrogen (secondary N) is 1. The van der Waals surface area contributed by atoms with Gasteiger partial charge in [0, 0.05) is 12.0 Å². The molecule has 0 saturated heterocycles. The Kier molecular flexibility index (Phi) is 4.24. The summed E-state index contributed by atoms with van der Waals surface area (Å²) in [7, 11) is 0. The summed E-state index contributed by atoms with van der Waals surface area (Å²) in [4.78, 5) is 32.9. The fourth-order valence-corrected chi connectivity index (χ4v) is 2.92. The van der Waals surface area contributed by atoms with Crippen molar-refractivity contribution in [1.29, 1.82) is 0 Å². The predicted octanol–water partition coefficient (Wildman–Crippen LogP) is 3.43. The van der Waals surface area contributed by atoms with Gasteiger partial charge in [0.15, 0.2) is 0 Å². The zero-order chi connectivity index (χ0) is 19.1.